The quantitative estimate of drug-likeness (QED) is 0.590. The number of allylic oxidation sites excluding steroid dienone is 1. The highest BCUT2D eigenvalue weighted by Crippen LogP contribution is 2.59. The van der Waals surface area contributed by atoms with Crippen LogP contribution in [0.4, 0.5) is 0 Å². The molecular weight excluding hydrogens is 268 g/mol. The Labute approximate surface area is 126 Å². The zero-order chi connectivity index (χ0) is 15.4. The molecule has 4 nitrogen and oxygen atoms in total. The fourth-order valence-electron chi connectivity index (χ4n) is 4.10. The Morgan fingerprint density at radius 2 is 2.14 bits per heavy atom. The molecule has 1 spiro atoms. The summed E-state index contributed by atoms with van der Waals surface area (Å²) in [5, 5.41) is 0. The van der Waals surface area contributed by atoms with Crippen molar-refractivity contribution in [2.24, 2.45) is 11.8 Å². The summed E-state index contributed by atoms with van der Waals surface area (Å²) < 4.78 is 17.4. The molecule has 3 aliphatic rings. The van der Waals surface area contributed by atoms with Crippen molar-refractivity contribution >= 4 is 5.78 Å². The minimum atomic E-state index is -0.405. The minimum absolute atomic E-state index is 0.00674. The molecule has 2 unspecified atom stereocenters. The lowest BCUT2D eigenvalue weighted by molar-refractivity contribution is -0.148. The zero-order valence-electron chi connectivity index (χ0n) is 13.6. The van der Waals surface area contributed by atoms with Gasteiger partial charge in [0.2, 0.25) is 0 Å². The second-order valence-corrected chi connectivity index (χ2v) is 7.30. The third-order valence-corrected chi connectivity index (χ3v) is 5.39. The van der Waals surface area contributed by atoms with Gasteiger partial charge in [-0.3, -0.25) is 4.79 Å². The highest BCUT2D eigenvalue weighted by molar-refractivity contribution is 5.87. The SMILES string of the molecule is CO[C@@H]1C(=O)[C@H](C)C[C@]2(CO2)[C@H]1C1(C)OC1CC=C(C)C. The first kappa shape index (κ1) is 15.2. The van der Waals surface area contributed by atoms with Gasteiger partial charge in [-0.15, -0.1) is 0 Å². The summed E-state index contributed by atoms with van der Waals surface area (Å²) in [4.78, 5) is 12.5. The van der Waals surface area contributed by atoms with E-state index in [1.165, 1.54) is 5.57 Å². The molecule has 6 atom stereocenters. The maximum atomic E-state index is 12.5. The van der Waals surface area contributed by atoms with Crippen molar-refractivity contribution < 1.29 is 19.0 Å². The summed E-state index contributed by atoms with van der Waals surface area (Å²) in [6.45, 7) is 9.00. The molecule has 3 rings (SSSR count). The maximum absolute atomic E-state index is 12.5. The summed E-state index contributed by atoms with van der Waals surface area (Å²) in [5.74, 6) is 0.211. The van der Waals surface area contributed by atoms with Gasteiger partial charge in [0.1, 0.15) is 17.3 Å². The van der Waals surface area contributed by atoms with E-state index >= 15 is 0 Å². The van der Waals surface area contributed by atoms with Crippen LogP contribution >= 0.6 is 0 Å². The van der Waals surface area contributed by atoms with E-state index in [2.05, 4.69) is 26.8 Å². The van der Waals surface area contributed by atoms with Gasteiger partial charge in [0.15, 0.2) is 5.78 Å². The van der Waals surface area contributed by atoms with Crippen LogP contribution in [0, 0.1) is 11.8 Å². The van der Waals surface area contributed by atoms with Crippen molar-refractivity contribution in [2.75, 3.05) is 13.7 Å². The first-order chi connectivity index (χ1) is 9.84. The molecule has 0 bridgehead atoms. The number of hydrogen-bond acceptors (Lipinski definition) is 4. The van der Waals surface area contributed by atoms with E-state index in [0.29, 0.717) is 0 Å². The van der Waals surface area contributed by atoms with Gasteiger partial charge in [0.25, 0.3) is 0 Å². The van der Waals surface area contributed by atoms with Crippen molar-refractivity contribution in [1.82, 2.24) is 0 Å². The molecule has 21 heavy (non-hydrogen) atoms. The van der Waals surface area contributed by atoms with Crippen molar-refractivity contribution in [2.45, 2.75) is 63.9 Å². The lowest BCUT2D eigenvalue weighted by Crippen LogP contribution is -2.55. The van der Waals surface area contributed by atoms with Crippen LogP contribution in [-0.2, 0) is 19.0 Å². The van der Waals surface area contributed by atoms with E-state index in [4.69, 9.17) is 14.2 Å². The summed E-state index contributed by atoms with van der Waals surface area (Å²) in [5.41, 5.74) is 0.781. The van der Waals surface area contributed by atoms with Crippen molar-refractivity contribution in [1.29, 1.82) is 0 Å². The Bertz CT molecular complexity index is 475. The summed E-state index contributed by atoms with van der Waals surface area (Å²) in [7, 11) is 1.63. The number of methoxy groups -OCH3 is 1. The fraction of sp³-hybridized carbons (Fsp3) is 0.824. The van der Waals surface area contributed by atoms with Crippen LogP contribution in [0.1, 0.15) is 40.5 Å². The molecule has 1 aliphatic carbocycles. The van der Waals surface area contributed by atoms with E-state index in [1.54, 1.807) is 7.11 Å². The molecule has 118 valence electrons. The summed E-state index contributed by atoms with van der Waals surface area (Å²) in [6.07, 6.45) is 3.65. The first-order valence-corrected chi connectivity index (χ1v) is 7.86. The fourth-order valence-corrected chi connectivity index (χ4v) is 4.10. The third kappa shape index (κ3) is 2.37. The average molecular weight is 294 g/mol. The lowest BCUT2D eigenvalue weighted by atomic mass is 9.66. The highest BCUT2D eigenvalue weighted by Gasteiger charge is 2.72. The summed E-state index contributed by atoms with van der Waals surface area (Å²) in [6, 6.07) is 0. The highest BCUT2D eigenvalue weighted by atomic mass is 16.6. The van der Waals surface area contributed by atoms with Gasteiger partial charge < -0.3 is 14.2 Å². The van der Waals surface area contributed by atoms with Gasteiger partial charge in [-0.25, -0.2) is 0 Å². The molecule has 0 radical (unpaired) electrons. The molecular formula is C17H26O4. The van der Waals surface area contributed by atoms with E-state index < -0.39 is 6.10 Å². The van der Waals surface area contributed by atoms with Crippen LogP contribution in [0.2, 0.25) is 0 Å². The Morgan fingerprint density at radius 3 is 2.67 bits per heavy atom. The van der Waals surface area contributed by atoms with E-state index in [9.17, 15) is 4.79 Å². The van der Waals surface area contributed by atoms with Crippen LogP contribution in [-0.4, -0.2) is 42.9 Å². The maximum Gasteiger partial charge on any atom is 0.164 e. The van der Waals surface area contributed by atoms with Crippen molar-refractivity contribution in [3.05, 3.63) is 11.6 Å². The Balaban J connectivity index is 1.82. The molecule has 3 fully saturated rings. The number of rotatable bonds is 4. The van der Waals surface area contributed by atoms with Gasteiger partial charge in [-0.2, -0.15) is 0 Å². The van der Waals surface area contributed by atoms with E-state index in [-0.39, 0.29) is 34.9 Å². The van der Waals surface area contributed by atoms with Gasteiger partial charge >= 0.3 is 0 Å². The summed E-state index contributed by atoms with van der Waals surface area (Å²) >= 11 is 0. The molecule has 0 amide bonds. The topological polar surface area (TPSA) is 51.4 Å². The number of ketones is 1. The van der Waals surface area contributed by atoms with Crippen molar-refractivity contribution in [3.8, 4) is 0 Å². The number of hydrogen-bond donors (Lipinski definition) is 0. The predicted octanol–water partition coefficient (Wildman–Crippen LogP) is 2.51. The molecule has 0 aromatic carbocycles. The van der Waals surface area contributed by atoms with Gasteiger partial charge in [-0.05, 0) is 33.6 Å². The first-order valence-electron chi connectivity index (χ1n) is 7.86. The number of Topliss-reactive ketones (excluding diaryl/α,β-unsaturated/α-hetero) is 1. The van der Waals surface area contributed by atoms with Crippen LogP contribution in [0.5, 0.6) is 0 Å². The lowest BCUT2D eigenvalue weighted by Gasteiger charge is -2.40. The van der Waals surface area contributed by atoms with Crippen LogP contribution < -0.4 is 0 Å². The van der Waals surface area contributed by atoms with Gasteiger partial charge in [0.05, 0.1) is 18.6 Å². The zero-order valence-corrected chi connectivity index (χ0v) is 13.6. The molecule has 2 aliphatic heterocycles. The number of carbonyl (C=O) groups excluding carboxylic acids is 1. The van der Waals surface area contributed by atoms with Gasteiger partial charge in [-0.1, -0.05) is 18.6 Å². The molecule has 0 N–H and O–H groups in total. The smallest absolute Gasteiger partial charge is 0.164 e. The molecule has 0 aromatic rings. The predicted molar refractivity (Wildman–Crippen MR) is 79.1 cm³/mol. The Morgan fingerprint density at radius 1 is 1.48 bits per heavy atom. The number of epoxide rings is 2. The Hall–Kier alpha value is -0.710. The Kier molecular flexibility index (Phi) is 3.55. The normalized spacial score (nSPS) is 48.3. The molecule has 2 saturated heterocycles. The number of carbonyl (C=O) groups is 1. The largest absolute Gasteiger partial charge is 0.373 e. The second-order valence-electron chi connectivity index (χ2n) is 7.30. The average Bonchev–Trinajstić information content (AvgIpc) is 3.31. The molecule has 0 aromatic heterocycles. The third-order valence-electron chi connectivity index (χ3n) is 5.39. The van der Waals surface area contributed by atoms with Crippen molar-refractivity contribution in [3.63, 3.8) is 0 Å². The standard InChI is InChI=1S/C17H26O4/c1-10(2)6-7-12-16(4,21-12)15-14(19-5)13(18)11(3)8-17(15)9-20-17/h6,11-12,14-15H,7-9H2,1-5H3/t11-,12?,14-,15-,16?,17+/m1/s1. The van der Waals surface area contributed by atoms with E-state index in [1.807, 2.05) is 6.92 Å². The number of ether oxygens (including phenoxy) is 3. The monoisotopic (exact) mass is 294 g/mol. The second kappa shape index (κ2) is 4.90. The molecule has 4 heteroatoms. The van der Waals surface area contributed by atoms with E-state index in [0.717, 1.165) is 19.4 Å². The van der Waals surface area contributed by atoms with Crippen LogP contribution in [0.15, 0.2) is 11.6 Å². The molecule has 1 saturated carbocycles. The minimum Gasteiger partial charge on any atom is -0.373 e. The van der Waals surface area contributed by atoms with Gasteiger partial charge in [0, 0.05) is 13.0 Å². The van der Waals surface area contributed by atoms with Crippen LogP contribution in [0.25, 0.3) is 0 Å². The van der Waals surface area contributed by atoms with Crippen LogP contribution in [0.3, 0.4) is 0 Å². The molecule has 2 heterocycles.